The Bertz CT molecular complexity index is 577. The molecule has 5 heteroatoms. The monoisotopic (exact) mass is 275 g/mol. The highest BCUT2D eigenvalue weighted by atomic mass is 32.1. The fourth-order valence-corrected chi connectivity index (χ4v) is 2.21. The molecule has 2 aromatic rings. The topological polar surface area (TPSA) is 58.6 Å². The number of aromatic carboxylic acids is 1. The van der Waals surface area contributed by atoms with Crippen molar-refractivity contribution in [3.8, 4) is 0 Å². The van der Waals surface area contributed by atoms with E-state index in [1.165, 1.54) is 0 Å². The maximum atomic E-state index is 10.8. The van der Waals surface area contributed by atoms with Crippen molar-refractivity contribution in [1.29, 1.82) is 0 Å². The van der Waals surface area contributed by atoms with Crippen molar-refractivity contribution in [2.75, 3.05) is 0 Å². The number of benzene rings is 1. The van der Waals surface area contributed by atoms with Crippen LogP contribution in [0, 0.1) is 0 Å². The predicted molar refractivity (Wildman–Crippen MR) is 74.7 cm³/mol. The van der Waals surface area contributed by atoms with Gasteiger partial charge in [-0.25, -0.2) is 4.79 Å². The first-order valence-electron chi connectivity index (χ1n) is 5.61. The second kappa shape index (κ2) is 6.17. The van der Waals surface area contributed by atoms with Crippen LogP contribution in [0.2, 0.25) is 0 Å². The van der Waals surface area contributed by atoms with E-state index in [1.54, 1.807) is 12.1 Å². The number of carboxylic acids is 1. The van der Waals surface area contributed by atoms with Crippen LogP contribution >= 0.6 is 11.3 Å². The van der Waals surface area contributed by atoms with Crippen LogP contribution in [0.3, 0.4) is 0 Å². The molecular weight excluding hydrogens is 262 g/mol. The van der Waals surface area contributed by atoms with E-state index in [1.807, 2.05) is 30.3 Å². The van der Waals surface area contributed by atoms with E-state index in [2.05, 4.69) is 12.1 Å². The molecule has 0 amide bonds. The van der Waals surface area contributed by atoms with Crippen LogP contribution in [-0.2, 0) is 11.4 Å². The van der Waals surface area contributed by atoms with Gasteiger partial charge in [0, 0.05) is 0 Å². The van der Waals surface area contributed by atoms with Crippen LogP contribution in [0.15, 0.2) is 49.0 Å². The third kappa shape index (κ3) is 3.67. The molecule has 0 aliphatic rings. The Kier molecular flexibility index (Phi) is 4.33. The molecule has 4 nitrogen and oxygen atoms in total. The summed E-state index contributed by atoms with van der Waals surface area (Å²) in [4.78, 5) is 17.1. The zero-order valence-corrected chi connectivity index (χ0v) is 10.9. The van der Waals surface area contributed by atoms with E-state index in [4.69, 9.17) is 9.94 Å². The normalized spacial score (nSPS) is 10.1. The average molecular weight is 275 g/mol. The minimum atomic E-state index is -0.936. The number of carboxylic acid groups (broad SMARTS) is 1. The molecule has 0 atom stereocenters. The molecule has 0 fully saturated rings. The van der Waals surface area contributed by atoms with Crippen molar-refractivity contribution >= 4 is 23.0 Å². The molecule has 2 N–H and O–H groups in total. The van der Waals surface area contributed by atoms with E-state index >= 15 is 0 Å². The zero-order chi connectivity index (χ0) is 13.7. The molecule has 0 saturated heterocycles. The summed E-state index contributed by atoms with van der Waals surface area (Å²) in [7, 11) is 0. The van der Waals surface area contributed by atoms with Crippen LogP contribution in [0.4, 0.5) is 0 Å². The number of rotatable bonds is 6. The highest BCUT2D eigenvalue weighted by Gasteiger charge is 2.08. The van der Waals surface area contributed by atoms with E-state index in [9.17, 15) is 4.79 Å². The van der Waals surface area contributed by atoms with Crippen LogP contribution < -0.4 is 5.48 Å². The Morgan fingerprint density at radius 1 is 1.21 bits per heavy atom. The van der Waals surface area contributed by atoms with Gasteiger partial charge in [0.25, 0.3) is 0 Å². The molecule has 98 valence electrons. The van der Waals surface area contributed by atoms with Crippen molar-refractivity contribution in [2.45, 2.75) is 6.61 Å². The van der Waals surface area contributed by atoms with E-state index in [-0.39, 0.29) is 4.88 Å². The number of nitrogens with one attached hydrogen (secondary N) is 1. The lowest BCUT2D eigenvalue weighted by Gasteiger charge is -2.08. The first-order valence-corrected chi connectivity index (χ1v) is 6.42. The number of thiophene rings is 1. The second-order valence-electron chi connectivity index (χ2n) is 3.82. The van der Waals surface area contributed by atoms with E-state index in [0.29, 0.717) is 12.3 Å². The third-order valence-electron chi connectivity index (χ3n) is 2.39. The Hall–Kier alpha value is -2.11. The quantitative estimate of drug-likeness (QED) is 0.795. The Labute approximate surface area is 114 Å². The molecule has 0 aliphatic heterocycles. The number of carbonyl (C=O) groups is 1. The highest BCUT2D eigenvalue weighted by Crippen LogP contribution is 2.21. The van der Waals surface area contributed by atoms with Gasteiger partial charge in [0.05, 0.1) is 17.2 Å². The van der Waals surface area contributed by atoms with Gasteiger partial charge < -0.3 is 5.11 Å². The Morgan fingerprint density at radius 2 is 1.89 bits per heavy atom. The molecule has 2 rings (SSSR count). The highest BCUT2D eigenvalue weighted by molar-refractivity contribution is 7.14. The summed E-state index contributed by atoms with van der Waals surface area (Å²) in [5.41, 5.74) is 4.31. The van der Waals surface area contributed by atoms with E-state index < -0.39 is 5.97 Å². The zero-order valence-electron chi connectivity index (χ0n) is 10.1. The predicted octanol–water partition coefficient (Wildman–Crippen LogP) is 3.14. The van der Waals surface area contributed by atoms with Gasteiger partial charge in [-0.2, -0.15) is 0 Å². The van der Waals surface area contributed by atoms with Gasteiger partial charge in [-0.3, -0.25) is 10.3 Å². The lowest BCUT2D eigenvalue weighted by Crippen LogP contribution is -2.11. The van der Waals surface area contributed by atoms with Crippen molar-refractivity contribution < 1.29 is 14.7 Å². The lowest BCUT2D eigenvalue weighted by molar-refractivity contribution is 0.0649. The average Bonchev–Trinajstić information content (AvgIpc) is 2.89. The largest absolute Gasteiger partial charge is 0.477 e. The summed E-state index contributed by atoms with van der Waals surface area (Å²) < 4.78 is 0. The molecule has 0 bridgehead atoms. The Morgan fingerprint density at radius 3 is 2.53 bits per heavy atom. The molecule has 1 aromatic carbocycles. The minimum absolute atomic E-state index is 0.279. The summed E-state index contributed by atoms with van der Waals surface area (Å²) >= 11 is 1.15. The molecule has 0 unspecified atom stereocenters. The van der Waals surface area contributed by atoms with Gasteiger partial charge in [0.2, 0.25) is 0 Å². The van der Waals surface area contributed by atoms with Crippen molar-refractivity contribution in [2.24, 2.45) is 0 Å². The fourth-order valence-electron chi connectivity index (χ4n) is 1.45. The SMILES string of the molecule is C=C(NOCc1ccccc1)c1ccc(C(=O)O)s1. The summed E-state index contributed by atoms with van der Waals surface area (Å²) in [6.07, 6.45) is 0. The van der Waals surface area contributed by atoms with Crippen LogP contribution in [0.25, 0.3) is 5.70 Å². The van der Waals surface area contributed by atoms with Gasteiger partial charge in [-0.1, -0.05) is 36.9 Å². The molecule has 0 radical (unpaired) electrons. The maximum absolute atomic E-state index is 10.8. The summed E-state index contributed by atoms with van der Waals surface area (Å²) in [5.74, 6) is -0.936. The lowest BCUT2D eigenvalue weighted by atomic mass is 10.2. The smallest absolute Gasteiger partial charge is 0.345 e. The van der Waals surface area contributed by atoms with Gasteiger partial charge in [-0.15, -0.1) is 11.3 Å². The molecule has 1 heterocycles. The molecule has 19 heavy (non-hydrogen) atoms. The van der Waals surface area contributed by atoms with Crippen LogP contribution in [0.5, 0.6) is 0 Å². The second-order valence-corrected chi connectivity index (χ2v) is 4.91. The maximum Gasteiger partial charge on any atom is 0.345 e. The fraction of sp³-hybridized carbons (Fsp3) is 0.0714. The summed E-state index contributed by atoms with van der Waals surface area (Å²) in [5, 5.41) is 8.83. The summed E-state index contributed by atoms with van der Waals surface area (Å²) in [6.45, 7) is 4.22. The van der Waals surface area contributed by atoms with Gasteiger partial charge >= 0.3 is 5.97 Å². The number of hydroxylamine groups is 1. The number of hydrogen-bond donors (Lipinski definition) is 2. The van der Waals surface area contributed by atoms with Gasteiger partial charge in [-0.05, 0) is 17.7 Å². The van der Waals surface area contributed by atoms with Crippen LogP contribution in [0.1, 0.15) is 20.1 Å². The first kappa shape index (κ1) is 13.3. The van der Waals surface area contributed by atoms with Gasteiger partial charge in [0.15, 0.2) is 0 Å². The number of hydrogen-bond acceptors (Lipinski definition) is 4. The summed E-state index contributed by atoms with van der Waals surface area (Å²) in [6, 6.07) is 13.0. The molecule has 0 saturated carbocycles. The molecule has 0 aliphatic carbocycles. The Balaban J connectivity index is 1.85. The standard InChI is InChI=1S/C14H13NO3S/c1-10(12-7-8-13(19-12)14(16)17)15-18-9-11-5-3-2-4-6-11/h2-8,15H,1,9H2,(H,16,17). The third-order valence-corrected chi connectivity index (χ3v) is 3.52. The molecule has 1 aromatic heterocycles. The van der Waals surface area contributed by atoms with E-state index in [0.717, 1.165) is 21.8 Å². The molecule has 0 spiro atoms. The van der Waals surface area contributed by atoms with Crippen LogP contribution in [-0.4, -0.2) is 11.1 Å². The van der Waals surface area contributed by atoms with Gasteiger partial charge in [0.1, 0.15) is 4.88 Å². The van der Waals surface area contributed by atoms with Crippen molar-refractivity contribution in [3.05, 3.63) is 64.4 Å². The first-order chi connectivity index (χ1) is 9.16. The molecular formula is C14H13NO3S. The van der Waals surface area contributed by atoms with Crippen molar-refractivity contribution in [3.63, 3.8) is 0 Å². The minimum Gasteiger partial charge on any atom is -0.477 e. The van der Waals surface area contributed by atoms with Crippen molar-refractivity contribution in [1.82, 2.24) is 5.48 Å².